The highest BCUT2D eigenvalue weighted by molar-refractivity contribution is 5.46. The summed E-state index contributed by atoms with van der Waals surface area (Å²) in [5.41, 5.74) is 6.38. The topological polar surface area (TPSA) is 79.0 Å². The molecule has 19 heavy (non-hydrogen) atoms. The van der Waals surface area contributed by atoms with E-state index in [9.17, 15) is 10.2 Å². The molecular weight excluding hydrogens is 244 g/mol. The largest absolute Gasteiger partial charge is 0.504 e. The second-order valence-electron chi connectivity index (χ2n) is 4.83. The van der Waals surface area contributed by atoms with Gasteiger partial charge in [0.2, 0.25) is 0 Å². The monoisotopic (exact) mass is 268 g/mol. The van der Waals surface area contributed by atoms with Crippen molar-refractivity contribution < 1.29 is 14.9 Å². The average Bonchev–Trinajstić information content (AvgIpc) is 2.38. The summed E-state index contributed by atoms with van der Waals surface area (Å²) in [6.07, 6.45) is -0.257. The lowest BCUT2D eigenvalue weighted by molar-refractivity contribution is 0.133. The fraction of sp³-hybridized carbons (Fsp3) is 0.571. The molecule has 0 amide bonds. The van der Waals surface area contributed by atoms with Gasteiger partial charge in [-0.05, 0) is 40.1 Å². The molecule has 0 radical (unpaired) electrons. The molecule has 0 fully saturated rings. The molecule has 0 spiro atoms. The predicted molar refractivity (Wildman–Crippen MR) is 75.4 cm³/mol. The number of aliphatic hydroxyl groups is 1. The molecule has 1 aromatic rings. The minimum absolute atomic E-state index is 0.0304. The number of para-hydroxylation sites is 1. The van der Waals surface area contributed by atoms with Gasteiger partial charge >= 0.3 is 0 Å². The molecular formula is C14H24N2O3. The highest BCUT2D eigenvalue weighted by Crippen LogP contribution is 2.34. The minimum atomic E-state index is -0.902. The predicted octanol–water partition coefficient (Wildman–Crippen LogP) is 1.10. The zero-order chi connectivity index (χ0) is 14.4. The van der Waals surface area contributed by atoms with Crippen molar-refractivity contribution in [1.82, 2.24) is 4.90 Å². The molecule has 0 aliphatic rings. The number of hydrogen-bond donors (Lipinski definition) is 3. The van der Waals surface area contributed by atoms with Gasteiger partial charge in [0.1, 0.15) is 0 Å². The lowest BCUT2D eigenvalue weighted by atomic mass is 9.99. The first kappa shape index (κ1) is 15.8. The summed E-state index contributed by atoms with van der Waals surface area (Å²) in [7, 11) is 3.90. The van der Waals surface area contributed by atoms with Crippen molar-refractivity contribution in [2.45, 2.75) is 25.5 Å². The third kappa shape index (κ3) is 4.38. The molecule has 5 heteroatoms. The summed E-state index contributed by atoms with van der Waals surface area (Å²) < 4.78 is 5.30. The second-order valence-corrected chi connectivity index (χ2v) is 4.83. The fourth-order valence-corrected chi connectivity index (χ4v) is 1.85. The Morgan fingerprint density at radius 3 is 2.63 bits per heavy atom. The SMILES string of the molecule is CCOc1cccc(C(O)C(N)CCN(C)C)c1O. The Morgan fingerprint density at radius 1 is 1.37 bits per heavy atom. The first-order valence-electron chi connectivity index (χ1n) is 6.50. The normalized spacial score (nSPS) is 14.4. The maximum Gasteiger partial charge on any atom is 0.163 e. The average molecular weight is 268 g/mol. The number of phenolic OH excluding ortho intramolecular Hbond substituents is 1. The molecule has 2 unspecified atom stereocenters. The lowest BCUT2D eigenvalue weighted by Gasteiger charge is -2.22. The van der Waals surface area contributed by atoms with E-state index in [4.69, 9.17) is 10.5 Å². The van der Waals surface area contributed by atoms with Crippen molar-refractivity contribution in [2.24, 2.45) is 5.73 Å². The molecule has 1 aromatic carbocycles. The van der Waals surface area contributed by atoms with Crippen LogP contribution in [0.3, 0.4) is 0 Å². The molecule has 4 N–H and O–H groups in total. The van der Waals surface area contributed by atoms with Crippen LogP contribution in [-0.4, -0.2) is 48.4 Å². The van der Waals surface area contributed by atoms with E-state index in [0.29, 0.717) is 24.3 Å². The van der Waals surface area contributed by atoms with E-state index >= 15 is 0 Å². The first-order valence-corrected chi connectivity index (χ1v) is 6.50. The van der Waals surface area contributed by atoms with Crippen LogP contribution < -0.4 is 10.5 Å². The van der Waals surface area contributed by atoms with Crippen molar-refractivity contribution in [3.8, 4) is 11.5 Å². The fourth-order valence-electron chi connectivity index (χ4n) is 1.85. The van der Waals surface area contributed by atoms with Crippen LogP contribution in [0.2, 0.25) is 0 Å². The van der Waals surface area contributed by atoms with E-state index in [1.165, 1.54) is 0 Å². The number of ether oxygens (including phenoxy) is 1. The van der Waals surface area contributed by atoms with Crippen molar-refractivity contribution in [3.05, 3.63) is 23.8 Å². The number of phenols is 1. The van der Waals surface area contributed by atoms with E-state index in [-0.39, 0.29) is 5.75 Å². The van der Waals surface area contributed by atoms with Crippen LogP contribution in [-0.2, 0) is 0 Å². The third-order valence-corrected chi connectivity index (χ3v) is 2.96. The number of aliphatic hydroxyl groups excluding tert-OH is 1. The van der Waals surface area contributed by atoms with Crippen molar-refractivity contribution >= 4 is 0 Å². The number of hydrogen-bond acceptors (Lipinski definition) is 5. The third-order valence-electron chi connectivity index (χ3n) is 2.96. The molecule has 5 nitrogen and oxygen atoms in total. The van der Waals surface area contributed by atoms with Gasteiger partial charge in [-0.1, -0.05) is 12.1 Å². The Labute approximate surface area is 114 Å². The maximum absolute atomic E-state index is 10.2. The zero-order valence-electron chi connectivity index (χ0n) is 11.8. The summed E-state index contributed by atoms with van der Waals surface area (Å²) in [4.78, 5) is 2.00. The van der Waals surface area contributed by atoms with Gasteiger partial charge in [-0.15, -0.1) is 0 Å². The Kier molecular flexibility index (Phi) is 6.08. The number of nitrogens with zero attached hydrogens (tertiary/aromatic N) is 1. The Hall–Kier alpha value is -1.30. The van der Waals surface area contributed by atoms with Gasteiger partial charge in [-0.3, -0.25) is 0 Å². The first-order chi connectivity index (χ1) is 8.97. The summed E-state index contributed by atoms with van der Waals surface area (Å²) in [6.45, 7) is 3.08. The summed E-state index contributed by atoms with van der Waals surface area (Å²) >= 11 is 0. The van der Waals surface area contributed by atoms with Gasteiger partial charge in [0.05, 0.1) is 12.7 Å². The highest BCUT2D eigenvalue weighted by atomic mass is 16.5. The standard InChI is InChI=1S/C14H24N2O3/c1-4-19-12-7-5-6-10(14(12)18)13(17)11(15)8-9-16(2)3/h5-7,11,13,17-18H,4,8-9,15H2,1-3H3. The van der Waals surface area contributed by atoms with Gasteiger partial charge in [0.25, 0.3) is 0 Å². The van der Waals surface area contributed by atoms with E-state index in [0.717, 1.165) is 6.54 Å². The molecule has 0 heterocycles. The van der Waals surface area contributed by atoms with Crippen LogP contribution >= 0.6 is 0 Å². The lowest BCUT2D eigenvalue weighted by Crippen LogP contribution is -2.32. The smallest absolute Gasteiger partial charge is 0.163 e. The maximum atomic E-state index is 10.2. The number of benzene rings is 1. The van der Waals surface area contributed by atoms with E-state index in [1.807, 2.05) is 25.9 Å². The molecule has 1 rings (SSSR count). The number of rotatable bonds is 7. The summed E-state index contributed by atoms with van der Waals surface area (Å²) in [6, 6.07) is 4.64. The van der Waals surface area contributed by atoms with Gasteiger partial charge in [0, 0.05) is 11.6 Å². The molecule has 0 bridgehead atoms. The van der Waals surface area contributed by atoms with Gasteiger partial charge in [-0.25, -0.2) is 0 Å². The van der Waals surface area contributed by atoms with Gasteiger partial charge < -0.3 is 25.6 Å². The summed E-state index contributed by atoms with van der Waals surface area (Å²) in [5.74, 6) is 0.344. The van der Waals surface area contributed by atoms with E-state index < -0.39 is 12.1 Å². The Balaban J connectivity index is 2.81. The van der Waals surface area contributed by atoms with Crippen molar-refractivity contribution in [3.63, 3.8) is 0 Å². The van der Waals surface area contributed by atoms with Crippen LogP contribution in [0.25, 0.3) is 0 Å². The minimum Gasteiger partial charge on any atom is -0.504 e. The van der Waals surface area contributed by atoms with Crippen LogP contribution in [0, 0.1) is 0 Å². The molecule has 0 aliphatic heterocycles. The number of nitrogens with two attached hydrogens (primary N) is 1. The summed E-state index contributed by atoms with van der Waals surface area (Å²) in [5, 5.41) is 20.3. The van der Waals surface area contributed by atoms with Crippen LogP contribution in [0.1, 0.15) is 25.0 Å². The highest BCUT2D eigenvalue weighted by Gasteiger charge is 2.21. The molecule has 0 aromatic heterocycles. The van der Waals surface area contributed by atoms with E-state index in [2.05, 4.69) is 0 Å². The quantitative estimate of drug-likeness (QED) is 0.690. The number of aromatic hydroxyl groups is 1. The van der Waals surface area contributed by atoms with Crippen LogP contribution in [0.4, 0.5) is 0 Å². The molecule has 108 valence electrons. The Bertz CT molecular complexity index is 396. The molecule has 0 saturated carbocycles. The van der Waals surface area contributed by atoms with Crippen molar-refractivity contribution in [2.75, 3.05) is 27.2 Å². The second kappa shape index (κ2) is 7.33. The molecule has 2 atom stereocenters. The molecule has 0 saturated heterocycles. The van der Waals surface area contributed by atoms with Gasteiger partial charge in [0.15, 0.2) is 11.5 Å². The zero-order valence-corrected chi connectivity index (χ0v) is 11.8. The van der Waals surface area contributed by atoms with Crippen LogP contribution in [0.5, 0.6) is 11.5 Å². The van der Waals surface area contributed by atoms with Gasteiger partial charge in [-0.2, -0.15) is 0 Å². The van der Waals surface area contributed by atoms with E-state index in [1.54, 1.807) is 18.2 Å². The van der Waals surface area contributed by atoms with Crippen LogP contribution in [0.15, 0.2) is 18.2 Å². The van der Waals surface area contributed by atoms with Crippen molar-refractivity contribution in [1.29, 1.82) is 0 Å². The molecule has 0 aliphatic carbocycles. The Morgan fingerprint density at radius 2 is 2.05 bits per heavy atom.